The molecule has 66 heavy (non-hydrogen) atoms. The van der Waals surface area contributed by atoms with E-state index in [4.69, 9.17) is 39.0 Å². The number of ether oxygens (including phenoxy) is 5. The van der Waals surface area contributed by atoms with Crippen LogP contribution in [0.25, 0.3) is 0 Å². The summed E-state index contributed by atoms with van der Waals surface area (Å²) in [6.07, 6.45) is 30.4. The predicted octanol–water partition coefficient (Wildman–Crippen LogP) is 12.6. The van der Waals surface area contributed by atoms with Crippen LogP contribution in [0.3, 0.4) is 0 Å². The SMILES string of the molecule is CC(C)(CO)OCCOC(=O)CCCC(=O)O.CCCCCCCCCCCCCCO.CCCCCCCCCCCCCCOC(=O)C1[CH-]OC(c2ccc(C(=O)C(C)C)cc2)O1.[W]. The van der Waals surface area contributed by atoms with Crippen molar-refractivity contribution in [1.29, 1.82) is 0 Å². The molecule has 1 saturated heterocycles. The van der Waals surface area contributed by atoms with Gasteiger partial charge in [-0.2, -0.15) is 6.61 Å². The molecular weight excluding hydrogens is 1010 g/mol. The van der Waals surface area contributed by atoms with E-state index in [2.05, 4.69) is 13.8 Å². The number of benzene rings is 1. The molecule has 13 heteroatoms. The summed E-state index contributed by atoms with van der Waals surface area (Å²) in [5.41, 5.74) is 0.785. The number of unbranched alkanes of at least 4 members (excludes halogenated alkanes) is 22. The van der Waals surface area contributed by atoms with Crippen molar-refractivity contribution in [3.8, 4) is 0 Å². The largest absolute Gasteiger partial charge is 0.523 e. The topological polar surface area (TPSA) is 175 Å². The molecular formula is C53H93O12W-. The van der Waals surface area contributed by atoms with Crippen LogP contribution in [0.15, 0.2) is 24.3 Å². The van der Waals surface area contributed by atoms with Gasteiger partial charge in [0.1, 0.15) is 6.61 Å². The number of hydrogen-bond donors (Lipinski definition) is 3. The molecule has 0 aliphatic carbocycles. The van der Waals surface area contributed by atoms with Crippen LogP contribution >= 0.6 is 0 Å². The van der Waals surface area contributed by atoms with E-state index in [1.54, 1.807) is 38.1 Å². The van der Waals surface area contributed by atoms with E-state index in [-0.39, 0.29) is 71.8 Å². The van der Waals surface area contributed by atoms with E-state index in [0.29, 0.717) is 18.8 Å². The summed E-state index contributed by atoms with van der Waals surface area (Å²) in [4.78, 5) is 45.6. The molecule has 0 spiro atoms. The van der Waals surface area contributed by atoms with Gasteiger partial charge in [-0.15, -0.1) is 0 Å². The quantitative estimate of drug-likeness (QED) is 0.0248. The average Bonchev–Trinajstić information content (AvgIpc) is 3.79. The van der Waals surface area contributed by atoms with Gasteiger partial charge in [-0.1, -0.05) is 193 Å². The number of esters is 2. The smallest absolute Gasteiger partial charge is 0.305 e. The number of aliphatic carboxylic acids is 1. The zero-order chi connectivity index (χ0) is 48.4. The summed E-state index contributed by atoms with van der Waals surface area (Å²) < 4.78 is 26.6. The second-order valence-electron chi connectivity index (χ2n) is 18.2. The van der Waals surface area contributed by atoms with Gasteiger partial charge in [0, 0.05) is 57.6 Å². The molecule has 1 fully saturated rings. The third-order valence-electron chi connectivity index (χ3n) is 11.1. The Kier molecular flexibility index (Phi) is 45.2. The fourth-order valence-electron chi connectivity index (χ4n) is 6.87. The van der Waals surface area contributed by atoms with Crippen LogP contribution in [-0.2, 0) is 59.1 Å². The maximum absolute atomic E-state index is 12.2. The van der Waals surface area contributed by atoms with Crippen molar-refractivity contribution < 1.29 is 79.2 Å². The first-order valence-corrected chi connectivity index (χ1v) is 25.5. The number of carboxylic acids is 1. The Morgan fingerprint density at radius 2 is 1.11 bits per heavy atom. The van der Waals surface area contributed by atoms with Crippen LogP contribution in [0.5, 0.6) is 0 Å². The molecule has 1 aliphatic rings. The summed E-state index contributed by atoms with van der Waals surface area (Å²) in [5, 5.41) is 25.9. The number of rotatable bonds is 38. The fraction of sp³-hybridized carbons (Fsp3) is 0.792. The Bertz CT molecular complexity index is 1290. The Morgan fingerprint density at radius 3 is 1.55 bits per heavy atom. The molecule has 1 aliphatic heterocycles. The predicted molar refractivity (Wildman–Crippen MR) is 258 cm³/mol. The first kappa shape index (κ1) is 65.9. The minimum absolute atomic E-state index is 0. The Labute approximate surface area is 415 Å². The monoisotopic (exact) mass is 1110 g/mol. The van der Waals surface area contributed by atoms with E-state index < -0.39 is 35.9 Å². The van der Waals surface area contributed by atoms with Gasteiger partial charge in [0.2, 0.25) is 0 Å². The summed E-state index contributed by atoms with van der Waals surface area (Å²) in [6.45, 7) is 14.1. The van der Waals surface area contributed by atoms with Gasteiger partial charge in [-0.3, -0.25) is 19.2 Å². The molecule has 12 nitrogen and oxygen atoms in total. The van der Waals surface area contributed by atoms with Crippen LogP contribution < -0.4 is 0 Å². The summed E-state index contributed by atoms with van der Waals surface area (Å²) in [5.74, 6) is -1.72. The molecule has 2 atom stereocenters. The van der Waals surface area contributed by atoms with Gasteiger partial charge >= 0.3 is 17.9 Å². The number of ketones is 1. The number of carbonyl (C=O) groups excluding carboxylic acids is 3. The molecule has 0 aromatic heterocycles. The first-order valence-electron chi connectivity index (χ1n) is 25.5. The molecule has 1 aromatic rings. The van der Waals surface area contributed by atoms with Crippen molar-refractivity contribution in [3.05, 3.63) is 42.0 Å². The van der Waals surface area contributed by atoms with Crippen molar-refractivity contribution >= 4 is 23.7 Å². The maximum Gasteiger partial charge on any atom is 0.305 e. The standard InChI is InChI=1S/C28H43O5.C14H30O.C11H20O6.W/c1-4-5-6-7-8-9-10-11-12-13-14-15-20-31-27(30)25-21-32-28(33-25)24-18-16-23(17-19-24)26(29)22(2)3;1-2-3-4-5-6-7-8-9-10-11-12-13-14-15;1-11(2,8-12)17-7-6-16-10(15)5-3-4-9(13)14;/h16-19,21-22,25,28H,4-15,20H2,1-3H3;15H,2-14H2,1H3;12H,3-8H2,1-2H3,(H,13,14);/q-1;;;. The molecule has 0 amide bonds. The van der Waals surface area contributed by atoms with Crippen molar-refractivity contribution in [2.24, 2.45) is 5.92 Å². The number of hydrogen-bond acceptors (Lipinski definition) is 11. The fourth-order valence-corrected chi connectivity index (χ4v) is 6.87. The molecule has 0 radical (unpaired) electrons. The molecule has 2 unspecified atom stereocenters. The van der Waals surface area contributed by atoms with E-state index in [0.717, 1.165) is 24.8 Å². The Balaban J connectivity index is 0. The zero-order valence-corrected chi connectivity index (χ0v) is 45.1. The van der Waals surface area contributed by atoms with Crippen LogP contribution in [0.1, 0.15) is 237 Å². The maximum atomic E-state index is 12.2. The number of aliphatic hydroxyl groups excluding tert-OH is 2. The Morgan fingerprint density at radius 1 is 0.636 bits per heavy atom. The number of aliphatic hydroxyl groups is 2. The van der Waals surface area contributed by atoms with Crippen molar-refractivity contribution in [3.63, 3.8) is 0 Å². The summed E-state index contributed by atoms with van der Waals surface area (Å²) in [7, 11) is 0. The molecule has 0 bridgehead atoms. The number of Topliss-reactive ketones (excluding diaryl/α,β-unsaturated/α-hetero) is 1. The third-order valence-corrected chi connectivity index (χ3v) is 11.1. The first-order chi connectivity index (χ1) is 31.3. The van der Waals surface area contributed by atoms with Crippen molar-refractivity contribution in [1.82, 2.24) is 0 Å². The molecule has 384 valence electrons. The van der Waals surface area contributed by atoms with E-state index in [1.165, 1.54) is 141 Å². The van der Waals surface area contributed by atoms with Gasteiger partial charge in [-0.25, -0.2) is 0 Å². The van der Waals surface area contributed by atoms with E-state index in [9.17, 15) is 19.2 Å². The second-order valence-corrected chi connectivity index (χ2v) is 18.2. The zero-order valence-electron chi connectivity index (χ0n) is 42.2. The second kappa shape index (κ2) is 45.2. The normalized spacial score (nSPS) is 14.4. The third kappa shape index (κ3) is 38.7. The molecule has 1 heterocycles. The van der Waals surface area contributed by atoms with Gasteiger partial charge in [-0.05, 0) is 33.1 Å². The molecule has 2 rings (SSSR count). The van der Waals surface area contributed by atoms with E-state index in [1.807, 2.05) is 13.8 Å². The van der Waals surface area contributed by atoms with Crippen molar-refractivity contribution in [2.45, 2.75) is 233 Å². The van der Waals surface area contributed by atoms with Crippen LogP contribution in [-0.4, -0.2) is 83.8 Å². The van der Waals surface area contributed by atoms with Crippen molar-refractivity contribution in [2.75, 3.05) is 33.0 Å². The minimum Gasteiger partial charge on any atom is -0.523 e. The van der Waals surface area contributed by atoms with Gasteiger partial charge in [0.15, 0.2) is 12.1 Å². The Hall–Kier alpha value is -2.21. The number of carboxylic acid groups (broad SMARTS) is 1. The van der Waals surface area contributed by atoms with Gasteiger partial charge in [0.05, 0.1) is 31.5 Å². The van der Waals surface area contributed by atoms with Gasteiger partial charge in [0.25, 0.3) is 0 Å². The minimum atomic E-state index is -0.925. The summed E-state index contributed by atoms with van der Waals surface area (Å²) >= 11 is 0. The summed E-state index contributed by atoms with van der Waals surface area (Å²) in [6, 6.07) is 7.13. The van der Waals surface area contributed by atoms with Crippen LogP contribution in [0, 0.1) is 12.5 Å². The van der Waals surface area contributed by atoms with Gasteiger partial charge < -0.3 is 39.0 Å². The van der Waals surface area contributed by atoms with E-state index >= 15 is 0 Å². The van der Waals surface area contributed by atoms with Crippen LogP contribution in [0.4, 0.5) is 0 Å². The average molecular weight is 1110 g/mol. The molecule has 0 saturated carbocycles. The number of carbonyl (C=O) groups is 4. The molecule has 1 aromatic carbocycles. The molecule has 3 N–H and O–H groups in total. The van der Waals surface area contributed by atoms with Crippen LogP contribution in [0.2, 0.25) is 0 Å².